The molecule has 2 aromatic heterocycles. The number of amides is 1. The van der Waals surface area contributed by atoms with Crippen molar-refractivity contribution in [3.8, 4) is 16.3 Å². The van der Waals surface area contributed by atoms with Crippen LogP contribution < -0.4 is 10.1 Å². The molecule has 25 heavy (non-hydrogen) atoms. The minimum absolute atomic E-state index is 0.0478. The van der Waals surface area contributed by atoms with Crippen molar-refractivity contribution in [2.45, 2.75) is 19.4 Å². The summed E-state index contributed by atoms with van der Waals surface area (Å²) in [5, 5.41) is 3.89. The Morgan fingerprint density at radius 3 is 2.64 bits per heavy atom. The molecule has 2 heterocycles. The maximum Gasteiger partial charge on any atom is 0.225 e. The zero-order valence-corrected chi connectivity index (χ0v) is 14.9. The number of nitrogens with zero attached hydrogens (tertiary/aromatic N) is 2. The van der Waals surface area contributed by atoms with Gasteiger partial charge in [-0.05, 0) is 19.1 Å². The van der Waals surface area contributed by atoms with Gasteiger partial charge in [0.15, 0.2) is 0 Å². The van der Waals surface area contributed by atoms with Crippen LogP contribution in [-0.2, 0) is 11.2 Å². The van der Waals surface area contributed by atoms with E-state index in [0.29, 0.717) is 12.2 Å². The highest BCUT2D eigenvalue weighted by Crippen LogP contribution is 2.25. The molecule has 0 fully saturated rings. The molecule has 1 N–H and O–H groups in total. The van der Waals surface area contributed by atoms with E-state index in [4.69, 9.17) is 4.74 Å². The zero-order chi connectivity index (χ0) is 17.6. The van der Waals surface area contributed by atoms with Crippen molar-refractivity contribution < 1.29 is 9.53 Å². The molecule has 0 bridgehead atoms. The third-order valence-corrected chi connectivity index (χ3v) is 4.77. The lowest BCUT2D eigenvalue weighted by molar-refractivity contribution is -0.121. The van der Waals surface area contributed by atoms with Crippen molar-refractivity contribution in [3.63, 3.8) is 0 Å². The molecule has 1 atom stereocenters. The Kier molecular flexibility index (Phi) is 5.40. The normalized spacial score (nSPS) is 11.8. The largest absolute Gasteiger partial charge is 0.495 e. The zero-order valence-electron chi connectivity index (χ0n) is 14.1. The Bertz CT molecular complexity index is 831. The van der Waals surface area contributed by atoms with Crippen molar-refractivity contribution in [1.82, 2.24) is 15.3 Å². The minimum Gasteiger partial charge on any atom is -0.495 e. The lowest BCUT2D eigenvalue weighted by atomic mass is 10.2. The molecular formula is C19H19N3O2S. The number of aromatic nitrogens is 2. The van der Waals surface area contributed by atoms with Crippen LogP contribution in [0.15, 0.2) is 54.9 Å². The van der Waals surface area contributed by atoms with Crippen molar-refractivity contribution >= 4 is 17.2 Å². The van der Waals surface area contributed by atoms with E-state index in [1.54, 1.807) is 19.5 Å². The Morgan fingerprint density at radius 1 is 1.16 bits per heavy atom. The van der Waals surface area contributed by atoms with Crippen LogP contribution in [0.5, 0.6) is 5.75 Å². The molecule has 0 aliphatic carbocycles. The number of ether oxygens (including phenoxy) is 1. The highest BCUT2D eigenvalue weighted by atomic mass is 32.1. The van der Waals surface area contributed by atoms with E-state index < -0.39 is 0 Å². The number of thiazole rings is 1. The van der Waals surface area contributed by atoms with Crippen molar-refractivity contribution in [2.75, 3.05) is 7.11 Å². The van der Waals surface area contributed by atoms with E-state index >= 15 is 0 Å². The fourth-order valence-corrected chi connectivity index (χ4v) is 3.31. The smallest absolute Gasteiger partial charge is 0.225 e. The second-order valence-electron chi connectivity index (χ2n) is 5.59. The van der Waals surface area contributed by atoms with Crippen LogP contribution in [0.25, 0.3) is 10.6 Å². The highest BCUT2D eigenvalue weighted by Gasteiger charge is 2.13. The molecule has 128 valence electrons. The summed E-state index contributed by atoms with van der Waals surface area (Å²) >= 11 is 1.54. The van der Waals surface area contributed by atoms with Gasteiger partial charge in [-0.15, -0.1) is 11.3 Å². The van der Waals surface area contributed by atoms with Gasteiger partial charge in [0, 0.05) is 16.6 Å². The van der Waals surface area contributed by atoms with Gasteiger partial charge in [0.05, 0.1) is 31.5 Å². The van der Waals surface area contributed by atoms with Crippen LogP contribution in [0.3, 0.4) is 0 Å². The van der Waals surface area contributed by atoms with E-state index in [9.17, 15) is 4.79 Å². The molecule has 6 heteroatoms. The van der Waals surface area contributed by atoms with Gasteiger partial charge in [-0.25, -0.2) is 4.98 Å². The van der Waals surface area contributed by atoms with Crippen LogP contribution in [-0.4, -0.2) is 23.0 Å². The average molecular weight is 353 g/mol. The fraction of sp³-hybridized carbons (Fsp3) is 0.211. The first kappa shape index (κ1) is 17.1. The number of benzene rings is 1. The van der Waals surface area contributed by atoms with Gasteiger partial charge in [-0.3, -0.25) is 9.78 Å². The van der Waals surface area contributed by atoms with Gasteiger partial charge in [-0.1, -0.05) is 30.3 Å². The number of carbonyl (C=O) groups is 1. The van der Waals surface area contributed by atoms with Gasteiger partial charge < -0.3 is 10.1 Å². The van der Waals surface area contributed by atoms with Crippen molar-refractivity contribution in [3.05, 3.63) is 65.4 Å². The van der Waals surface area contributed by atoms with E-state index in [1.807, 2.05) is 49.4 Å². The van der Waals surface area contributed by atoms with Crippen LogP contribution in [0.1, 0.15) is 23.5 Å². The molecule has 0 aliphatic rings. The molecule has 0 spiro atoms. The summed E-state index contributed by atoms with van der Waals surface area (Å²) < 4.78 is 5.09. The monoisotopic (exact) mass is 353 g/mol. The number of pyridine rings is 1. The summed E-state index contributed by atoms with van der Waals surface area (Å²) in [4.78, 5) is 21.9. The summed E-state index contributed by atoms with van der Waals surface area (Å²) in [6.07, 6.45) is 3.72. The van der Waals surface area contributed by atoms with Gasteiger partial charge in [0.1, 0.15) is 10.8 Å². The number of nitrogens with one attached hydrogen (secondary N) is 1. The second kappa shape index (κ2) is 7.90. The molecular weight excluding hydrogens is 334 g/mol. The third-order valence-electron chi connectivity index (χ3n) is 3.73. The van der Waals surface area contributed by atoms with E-state index in [1.165, 1.54) is 11.3 Å². The predicted molar refractivity (Wildman–Crippen MR) is 98.6 cm³/mol. The van der Waals surface area contributed by atoms with E-state index in [2.05, 4.69) is 15.3 Å². The Balaban J connectivity index is 1.59. The Morgan fingerprint density at radius 2 is 1.96 bits per heavy atom. The lowest BCUT2D eigenvalue weighted by Gasteiger charge is -2.13. The molecule has 0 aliphatic heterocycles. The van der Waals surface area contributed by atoms with Crippen LogP contribution in [0, 0.1) is 0 Å². The van der Waals surface area contributed by atoms with Gasteiger partial charge in [0.2, 0.25) is 5.91 Å². The van der Waals surface area contributed by atoms with E-state index in [-0.39, 0.29) is 11.9 Å². The third kappa shape index (κ3) is 4.42. The molecule has 1 aromatic carbocycles. The first-order chi connectivity index (χ1) is 12.2. The number of hydrogen-bond donors (Lipinski definition) is 1. The summed E-state index contributed by atoms with van der Waals surface area (Å²) in [5.41, 5.74) is 1.86. The van der Waals surface area contributed by atoms with Gasteiger partial charge >= 0.3 is 0 Å². The molecule has 0 radical (unpaired) electrons. The Hall–Kier alpha value is -2.73. The second-order valence-corrected chi connectivity index (χ2v) is 6.70. The summed E-state index contributed by atoms with van der Waals surface area (Å²) in [6.45, 7) is 1.91. The first-order valence-electron chi connectivity index (χ1n) is 7.95. The average Bonchev–Trinajstić information content (AvgIpc) is 3.10. The molecule has 0 saturated carbocycles. The quantitative estimate of drug-likeness (QED) is 0.735. The lowest BCUT2D eigenvalue weighted by Crippen LogP contribution is -2.28. The SMILES string of the molecule is COc1ccc([C@@H](C)NC(=O)Cc2cnc(-c3ccccc3)s2)nc1. The molecule has 3 rings (SSSR count). The van der Waals surface area contributed by atoms with Crippen LogP contribution in [0.2, 0.25) is 0 Å². The van der Waals surface area contributed by atoms with Gasteiger partial charge in [0.25, 0.3) is 0 Å². The highest BCUT2D eigenvalue weighted by molar-refractivity contribution is 7.15. The molecule has 5 nitrogen and oxygen atoms in total. The molecule has 3 aromatic rings. The van der Waals surface area contributed by atoms with Crippen LogP contribution >= 0.6 is 11.3 Å². The van der Waals surface area contributed by atoms with Crippen molar-refractivity contribution in [2.24, 2.45) is 0 Å². The maximum absolute atomic E-state index is 12.3. The summed E-state index contributed by atoms with van der Waals surface area (Å²) in [7, 11) is 1.60. The maximum atomic E-state index is 12.3. The topological polar surface area (TPSA) is 64.1 Å². The number of methoxy groups -OCH3 is 1. The van der Waals surface area contributed by atoms with Gasteiger partial charge in [-0.2, -0.15) is 0 Å². The fourth-order valence-electron chi connectivity index (χ4n) is 2.40. The van der Waals surface area contributed by atoms with Crippen LogP contribution in [0.4, 0.5) is 0 Å². The Labute approximate surface area is 150 Å². The minimum atomic E-state index is -0.167. The summed E-state index contributed by atoms with van der Waals surface area (Å²) in [6, 6.07) is 13.5. The number of hydrogen-bond acceptors (Lipinski definition) is 5. The number of rotatable bonds is 6. The first-order valence-corrected chi connectivity index (χ1v) is 8.77. The molecule has 0 saturated heterocycles. The molecule has 0 unspecified atom stereocenters. The standard InChI is InChI=1S/C19H19N3O2S/c1-13(17-9-8-15(24-2)11-20-17)22-18(23)10-16-12-21-19(25-16)14-6-4-3-5-7-14/h3-9,11-13H,10H2,1-2H3,(H,22,23)/t13-/m1/s1. The molecule has 1 amide bonds. The van der Waals surface area contributed by atoms with E-state index in [0.717, 1.165) is 21.1 Å². The summed E-state index contributed by atoms with van der Waals surface area (Å²) in [5.74, 6) is 0.647. The predicted octanol–water partition coefficient (Wildman–Crippen LogP) is 3.63. The number of carbonyl (C=O) groups excluding carboxylic acids is 1. The van der Waals surface area contributed by atoms with Crippen molar-refractivity contribution in [1.29, 1.82) is 0 Å².